The standard InChI is InChI=1S/C8H4Cl3F13Si/c9-25(10,11)5(17,18)1-3(13,14)6(19,20)8(23,24)7(21,22)4(15,16)2-12/h1-2H2. The van der Waals surface area contributed by atoms with E-state index in [9.17, 15) is 57.1 Å². The summed E-state index contributed by atoms with van der Waals surface area (Å²) < 4.78 is 168. The lowest BCUT2D eigenvalue weighted by atomic mass is 9.93. The largest absolute Gasteiger partial charge is 0.415 e. The summed E-state index contributed by atoms with van der Waals surface area (Å²) in [6, 6.07) is -5.59. The Morgan fingerprint density at radius 2 is 0.880 bits per heavy atom. The van der Waals surface area contributed by atoms with Crippen molar-refractivity contribution in [3.05, 3.63) is 0 Å². The van der Waals surface area contributed by atoms with Crippen LogP contribution in [0.5, 0.6) is 0 Å². The molecule has 0 bridgehead atoms. The van der Waals surface area contributed by atoms with Gasteiger partial charge in [0.2, 0.25) is 0 Å². The van der Waals surface area contributed by atoms with Crippen LogP contribution in [0.2, 0.25) is 0 Å². The first-order valence-corrected chi connectivity index (χ1v) is 10.4. The van der Waals surface area contributed by atoms with Gasteiger partial charge >= 0.3 is 35.6 Å². The van der Waals surface area contributed by atoms with Gasteiger partial charge in [0.25, 0.3) is 5.55 Å². The SMILES string of the molecule is FCC(F)(F)C(F)(F)C(F)(F)C(F)(F)C(F)(F)CC(F)(F)[Si](Cl)(Cl)Cl. The van der Waals surface area contributed by atoms with Gasteiger partial charge in [-0.2, -0.15) is 43.9 Å². The van der Waals surface area contributed by atoms with Crippen LogP contribution < -0.4 is 0 Å². The molecule has 0 aliphatic carbocycles. The van der Waals surface area contributed by atoms with Crippen molar-refractivity contribution in [3.63, 3.8) is 0 Å². The van der Waals surface area contributed by atoms with Crippen LogP contribution >= 0.6 is 33.2 Å². The normalized spacial score (nSPS) is 16.3. The average molecular weight is 482 g/mol. The first kappa shape index (κ1) is 25.2. The van der Waals surface area contributed by atoms with Gasteiger partial charge in [0.05, 0.1) is 6.42 Å². The van der Waals surface area contributed by atoms with Crippen LogP contribution in [0.3, 0.4) is 0 Å². The fourth-order valence-electron chi connectivity index (χ4n) is 1.23. The highest BCUT2D eigenvalue weighted by atomic mass is 35.8. The molecule has 0 nitrogen and oxygen atoms in total. The van der Waals surface area contributed by atoms with Crippen LogP contribution in [0.4, 0.5) is 57.1 Å². The highest BCUT2D eigenvalue weighted by molar-refractivity contribution is 7.65. The molecule has 0 amide bonds. The van der Waals surface area contributed by atoms with Crippen molar-refractivity contribution in [1.82, 2.24) is 0 Å². The number of halogens is 16. The molecule has 0 atom stereocenters. The summed E-state index contributed by atoms with van der Waals surface area (Å²) in [4.78, 5) is 0. The van der Waals surface area contributed by atoms with E-state index in [2.05, 4.69) is 33.2 Å². The first-order valence-electron chi connectivity index (χ1n) is 5.41. The van der Waals surface area contributed by atoms with Crippen LogP contribution in [-0.2, 0) is 0 Å². The van der Waals surface area contributed by atoms with E-state index in [0.717, 1.165) is 0 Å². The van der Waals surface area contributed by atoms with Gasteiger partial charge in [-0.25, -0.2) is 13.2 Å². The molecule has 0 saturated carbocycles. The van der Waals surface area contributed by atoms with Crippen molar-refractivity contribution in [2.75, 3.05) is 6.67 Å². The first-order chi connectivity index (χ1) is 10.5. The molecular formula is C8H4Cl3F13Si. The van der Waals surface area contributed by atoms with Crippen LogP contribution in [-0.4, -0.2) is 47.8 Å². The Kier molecular flexibility index (Phi) is 6.70. The minimum atomic E-state index is -7.65. The maximum atomic E-state index is 13.2. The summed E-state index contributed by atoms with van der Waals surface area (Å²) in [6.45, 7) is -3.63. The predicted molar refractivity (Wildman–Crippen MR) is 63.6 cm³/mol. The van der Waals surface area contributed by atoms with Crippen molar-refractivity contribution in [2.24, 2.45) is 0 Å². The minimum absolute atomic E-state index is 3.63. The number of hydrogen-bond acceptors (Lipinski definition) is 0. The van der Waals surface area contributed by atoms with Gasteiger partial charge < -0.3 is 0 Å². The van der Waals surface area contributed by atoms with Gasteiger partial charge in [-0.1, -0.05) is 0 Å². The zero-order valence-corrected chi connectivity index (χ0v) is 14.2. The van der Waals surface area contributed by atoms with Gasteiger partial charge in [-0.3, -0.25) is 0 Å². The van der Waals surface area contributed by atoms with E-state index in [1.165, 1.54) is 0 Å². The van der Waals surface area contributed by atoms with Gasteiger partial charge in [-0.05, 0) is 0 Å². The molecule has 152 valence electrons. The molecule has 0 rings (SSSR count). The molecule has 0 aliphatic heterocycles. The Labute approximate surface area is 145 Å². The van der Waals surface area contributed by atoms with E-state index >= 15 is 0 Å². The lowest BCUT2D eigenvalue weighted by Crippen LogP contribution is -2.68. The Morgan fingerprint density at radius 1 is 0.560 bits per heavy atom. The van der Waals surface area contributed by atoms with E-state index in [4.69, 9.17) is 0 Å². The third kappa shape index (κ3) is 4.05. The van der Waals surface area contributed by atoms with Crippen molar-refractivity contribution < 1.29 is 57.1 Å². The number of alkyl halides is 13. The van der Waals surface area contributed by atoms with E-state index in [0.29, 0.717) is 0 Å². The van der Waals surface area contributed by atoms with E-state index in [-0.39, 0.29) is 0 Å². The summed E-state index contributed by atoms with van der Waals surface area (Å²) in [5, 5.41) is 0. The van der Waals surface area contributed by atoms with Gasteiger partial charge in [0.15, 0.2) is 6.67 Å². The monoisotopic (exact) mass is 480 g/mol. The van der Waals surface area contributed by atoms with E-state index < -0.39 is 54.3 Å². The molecule has 0 saturated heterocycles. The minimum Gasteiger partial charge on any atom is -0.244 e. The Balaban J connectivity index is 6.11. The quantitative estimate of drug-likeness (QED) is 0.215. The van der Waals surface area contributed by atoms with Gasteiger partial charge in [-0.15, -0.1) is 33.2 Å². The smallest absolute Gasteiger partial charge is 0.244 e. The highest BCUT2D eigenvalue weighted by Gasteiger charge is 2.87. The summed E-state index contributed by atoms with van der Waals surface area (Å²) in [5.74, 6) is -35.8. The molecule has 25 heavy (non-hydrogen) atoms. The zero-order chi connectivity index (χ0) is 20.9. The maximum Gasteiger partial charge on any atom is 0.415 e. The highest BCUT2D eigenvalue weighted by Crippen LogP contribution is 2.59. The second-order valence-corrected chi connectivity index (χ2v) is 13.2. The second kappa shape index (κ2) is 6.65. The third-order valence-corrected chi connectivity index (χ3v) is 6.23. The average Bonchev–Trinajstić information content (AvgIpc) is 2.35. The van der Waals surface area contributed by atoms with Crippen molar-refractivity contribution in [1.29, 1.82) is 0 Å². The van der Waals surface area contributed by atoms with Crippen LogP contribution in [0, 0.1) is 0 Å². The van der Waals surface area contributed by atoms with Crippen molar-refractivity contribution in [3.8, 4) is 0 Å². The molecule has 0 heterocycles. The molecule has 0 spiro atoms. The second-order valence-electron chi connectivity index (χ2n) is 4.64. The molecule has 0 fully saturated rings. The summed E-state index contributed by atoms with van der Waals surface area (Å²) in [6.07, 6.45) is -3.66. The van der Waals surface area contributed by atoms with Gasteiger partial charge in [0, 0.05) is 0 Å². The molecule has 0 aromatic heterocycles. The third-order valence-electron chi connectivity index (χ3n) is 2.73. The molecule has 0 radical (unpaired) electrons. The molecule has 17 heteroatoms. The summed E-state index contributed by atoms with van der Waals surface area (Å²) in [5.41, 5.74) is -5.33. The lowest BCUT2D eigenvalue weighted by molar-refractivity contribution is -0.405. The van der Waals surface area contributed by atoms with Crippen molar-refractivity contribution in [2.45, 2.75) is 41.6 Å². The molecular weight excluding hydrogens is 478 g/mol. The lowest BCUT2D eigenvalue weighted by Gasteiger charge is -2.39. The Hall–Kier alpha value is 0.177. The predicted octanol–water partition coefficient (Wildman–Crippen LogP) is 6.35. The van der Waals surface area contributed by atoms with Crippen molar-refractivity contribution >= 4 is 39.2 Å². The zero-order valence-electron chi connectivity index (χ0n) is 11.0. The van der Waals surface area contributed by atoms with E-state index in [1.54, 1.807) is 0 Å². The number of hydrogen-bond donors (Lipinski definition) is 0. The van der Waals surface area contributed by atoms with Crippen LogP contribution in [0.15, 0.2) is 0 Å². The summed E-state index contributed by atoms with van der Waals surface area (Å²) in [7, 11) is 0. The molecule has 0 N–H and O–H groups in total. The fraction of sp³-hybridized carbons (Fsp3) is 1.00. The fourth-order valence-corrected chi connectivity index (χ4v) is 2.25. The number of rotatable bonds is 8. The molecule has 0 aliphatic rings. The summed E-state index contributed by atoms with van der Waals surface area (Å²) >= 11 is 13.8. The molecule has 0 aromatic carbocycles. The molecule has 0 unspecified atom stereocenters. The topological polar surface area (TPSA) is 0 Å². The van der Waals surface area contributed by atoms with Gasteiger partial charge in [0.1, 0.15) is 0 Å². The van der Waals surface area contributed by atoms with Crippen LogP contribution in [0.1, 0.15) is 6.42 Å². The maximum absolute atomic E-state index is 13.2. The Morgan fingerprint density at radius 3 is 1.16 bits per heavy atom. The Bertz CT molecular complexity index is 486. The molecule has 0 aromatic rings. The van der Waals surface area contributed by atoms with Crippen LogP contribution in [0.25, 0.3) is 0 Å². The van der Waals surface area contributed by atoms with E-state index in [1.807, 2.05) is 0 Å².